The molecule has 3 rings (SSSR count). The smallest absolute Gasteiger partial charge is 0.356 e. The summed E-state index contributed by atoms with van der Waals surface area (Å²) in [4.78, 5) is 15.5. The molecule has 0 radical (unpaired) electrons. The Morgan fingerprint density at radius 1 is 1.32 bits per heavy atom. The Hall–Kier alpha value is -2.28. The molecule has 2 heterocycles. The maximum atomic E-state index is 11.1. The van der Waals surface area contributed by atoms with E-state index in [0.717, 1.165) is 11.3 Å². The summed E-state index contributed by atoms with van der Waals surface area (Å²) in [5.74, 6) is 0.161. The molecular formula is C12H10N2O4S. The van der Waals surface area contributed by atoms with Gasteiger partial charge in [0.2, 0.25) is 0 Å². The number of hydrogen-bond acceptors (Lipinski definition) is 6. The first-order valence-corrected chi connectivity index (χ1v) is 6.36. The van der Waals surface area contributed by atoms with Crippen LogP contribution in [0.5, 0.6) is 11.5 Å². The van der Waals surface area contributed by atoms with Crippen molar-refractivity contribution in [3.63, 3.8) is 0 Å². The Labute approximate surface area is 112 Å². The van der Waals surface area contributed by atoms with Crippen molar-refractivity contribution in [2.45, 2.75) is 0 Å². The Morgan fingerprint density at radius 2 is 2.05 bits per heavy atom. The van der Waals surface area contributed by atoms with Gasteiger partial charge in [0.1, 0.15) is 13.2 Å². The molecule has 7 heteroatoms. The summed E-state index contributed by atoms with van der Waals surface area (Å²) in [5, 5.41) is 9.34. The average Bonchev–Trinajstić information content (AvgIpc) is 2.80. The first kappa shape index (κ1) is 11.8. The quantitative estimate of drug-likeness (QED) is 0.870. The molecule has 1 aromatic carbocycles. The van der Waals surface area contributed by atoms with E-state index in [2.05, 4.69) is 4.98 Å². The normalized spacial score (nSPS) is 13.3. The molecule has 0 bridgehead atoms. The largest absolute Gasteiger partial charge is 0.486 e. The summed E-state index contributed by atoms with van der Waals surface area (Å²) in [6, 6.07) is 5.27. The number of nitrogens with two attached hydrogens (primary N) is 1. The van der Waals surface area contributed by atoms with Gasteiger partial charge in [-0.05, 0) is 23.8 Å². The number of ether oxygens (including phenoxy) is 2. The molecule has 6 nitrogen and oxygen atoms in total. The van der Waals surface area contributed by atoms with Crippen LogP contribution < -0.4 is 15.2 Å². The molecule has 0 unspecified atom stereocenters. The van der Waals surface area contributed by atoms with Gasteiger partial charge in [-0.1, -0.05) is 11.3 Å². The van der Waals surface area contributed by atoms with Gasteiger partial charge in [0.15, 0.2) is 22.3 Å². The van der Waals surface area contributed by atoms with Gasteiger partial charge in [-0.2, -0.15) is 0 Å². The number of anilines is 1. The molecular weight excluding hydrogens is 268 g/mol. The number of carboxylic acid groups (broad SMARTS) is 1. The van der Waals surface area contributed by atoms with Crippen LogP contribution in [0, 0.1) is 0 Å². The summed E-state index contributed by atoms with van der Waals surface area (Å²) in [5.41, 5.74) is 6.24. The molecule has 0 fully saturated rings. The maximum Gasteiger partial charge on any atom is 0.356 e. The predicted molar refractivity (Wildman–Crippen MR) is 69.9 cm³/mol. The predicted octanol–water partition coefficient (Wildman–Crippen LogP) is 1.86. The van der Waals surface area contributed by atoms with E-state index in [4.69, 9.17) is 20.3 Å². The number of thiazole rings is 1. The van der Waals surface area contributed by atoms with Crippen LogP contribution >= 0.6 is 11.3 Å². The van der Waals surface area contributed by atoms with Crippen LogP contribution in [0.2, 0.25) is 0 Å². The average molecular weight is 278 g/mol. The van der Waals surface area contributed by atoms with Crippen LogP contribution in [-0.4, -0.2) is 29.3 Å². The molecule has 0 aliphatic carbocycles. The summed E-state index contributed by atoms with van der Waals surface area (Å²) in [7, 11) is 0. The van der Waals surface area contributed by atoms with Gasteiger partial charge in [-0.25, -0.2) is 9.78 Å². The van der Waals surface area contributed by atoms with Crippen LogP contribution in [0.15, 0.2) is 18.2 Å². The fraction of sp³-hybridized carbons (Fsp3) is 0.167. The van der Waals surface area contributed by atoms with Gasteiger partial charge in [0.25, 0.3) is 0 Å². The molecule has 1 aromatic heterocycles. The first-order valence-electron chi connectivity index (χ1n) is 5.55. The van der Waals surface area contributed by atoms with Gasteiger partial charge in [-0.15, -0.1) is 0 Å². The highest BCUT2D eigenvalue weighted by molar-refractivity contribution is 7.19. The zero-order chi connectivity index (χ0) is 13.4. The van der Waals surface area contributed by atoms with Crippen molar-refractivity contribution in [1.82, 2.24) is 4.98 Å². The van der Waals surface area contributed by atoms with E-state index >= 15 is 0 Å². The van der Waals surface area contributed by atoms with Crippen molar-refractivity contribution in [3.05, 3.63) is 23.9 Å². The number of nitrogens with zero attached hydrogens (tertiary/aromatic N) is 1. The standard InChI is InChI=1S/C12H10N2O4S/c13-12-14-9(11(15)16)10(19-12)6-1-2-7-8(5-6)18-4-3-17-7/h1-2,5H,3-4H2,(H2,13,14)(H,15,16). The van der Waals surface area contributed by atoms with Crippen LogP contribution in [-0.2, 0) is 0 Å². The number of carboxylic acids is 1. The highest BCUT2D eigenvalue weighted by atomic mass is 32.1. The third-order valence-electron chi connectivity index (χ3n) is 2.65. The number of nitrogen functional groups attached to an aromatic ring is 1. The maximum absolute atomic E-state index is 11.1. The fourth-order valence-corrected chi connectivity index (χ4v) is 2.68. The first-order chi connectivity index (χ1) is 9.15. The number of aromatic nitrogens is 1. The van der Waals surface area contributed by atoms with Crippen molar-refractivity contribution in [1.29, 1.82) is 0 Å². The van der Waals surface area contributed by atoms with Gasteiger partial charge in [-0.3, -0.25) is 0 Å². The minimum absolute atomic E-state index is 0.0424. The lowest BCUT2D eigenvalue weighted by molar-refractivity contribution is 0.0692. The van der Waals surface area contributed by atoms with Gasteiger partial charge >= 0.3 is 5.97 Å². The third kappa shape index (κ3) is 2.08. The summed E-state index contributed by atoms with van der Waals surface area (Å²) >= 11 is 1.14. The molecule has 0 saturated carbocycles. The van der Waals surface area contributed by atoms with Crippen LogP contribution in [0.4, 0.5) is 5.13 Å². The molecule has 0 atom stereocenters. The van der Waals surface area contributed by atoms with Crippen molar-refractivity contribution >= 4 is 22.4 Å². The van der Waals surface area contributed by atoms with Gasteiger partial charge in [0, 0.05) is 0 Å². The van der Waals surface area contributed by atoms with Gasteiger partial charge in [0.05, 0.1) is 4.88 Å². The molecule has 0 spiro atoms. The molecule has 19 heavy (non-hydrogen) atoms. The fourth-order valence-electron chi connectivity index (χ4n) is 1.86. The Kier molecular flexibility index (Phi) is 2.75. The van der Waals surface area contributed by atoms with E-state index in [-0.39, 0.29) is 10.8 Å². The lowest BCUT2D eigenvalue weighted by atomic mass is 10.1. The van der Waals surface area contributed by atoms with Crippen LogP contribution in [0.25, 0.3) is 10.4 Å². The van der Waals surface area contributed by atoms with E-state index in [1.54, 1.807) is 18.2 Å². The molecule has 1 aliphatic rings. The van der Waals surface area contributed by atoms with E-state index in [9.17, 15) is 4.79 Å². The summed E-state index contributed by atoms with van der Waals surface area (Å²) in [6.45, 7) is 0.993. The summed E-state index contributed by atoms with van der Waals surface area (Å²) in [6.07, 6.45) is 0. The second-order valence-electron chi connectivity index (χ2n) is 3.89. The van der Waals surface area contributed by atoms with Crippen LogP contribution in [0.1, 0.15) is 10.5 Å². The molecule has 0 saturated heterocycles. The van der Waals surface area contributed by atoms with Crippen LogP contribution in [0.3, 0.4) is 0 Å². The minimum Gasteiger partial charge on any atom is -0.486 e. The van der Waals surface area contributed by atoms with Crippen molar-refractivity contribution in [2.24, 2.45) is 0 Å². The van der Waals surface area contributed by atoms with Crippen molar-refractivity contribution < 1.29 is 19.4 Å². The third-order valence-corrected chi connectivity index (χ3v) is 3.58. The number of benzene rings is 1. The highest BCUT2D eigenvalue weighted by Crippen LogP contribution is 2.38. The SMILES string of the molecule is Nc1nc(C(=O)O)c(-c2ccc3c(c2)OCCO3)s1. The molecule has 0 amide bonds. The van der Waals surface area contributed by atoms with E-state index in [0.29, 0.717) is 35.2 Å². The number of rotatable bonds is 2. The van der Waals surface area contributed by atoms with E-state index < -0.39 is 5.97 Å². The number of carbonyl (C=O) groups is 1. The lowest BCUT2D eigenvalue weighted by Crippen LogP contribution is -2.15. The molecule has 2 aromatic rings. The molecule has 98 valence electrons. The Bertz CT molecular complexity index is 653. The summed E-state index contributed by atoms with van der Waals surface area (Å²) < 4.78 is 10.9. The molecule has 3 N–H and O–H groups in total. The van der Waals surface area contributed by atoms with E-state index in [1.165, 1.54) is 0 Å². The monoisotopic (exact) mass is 278 g/mol. The highest BCUT2D eigenvalue weighted by Gasteiger charge is 2.20. The number of aromatic carboxylic acids is 1. The van der Waals surface area contributed by atoms with Crippen molar-refractivity contribution in [2.75, 3.05) is 18.9 Å². The zero-order valence-electron chi connectivity index (χ0n) is 9.75. The second-order valence-corrected chi connectivity index (χ2v) is 4.92. The Morgan fingerprint density at radius 3 is 2.79 bits per heavy atom. The topological polar surface area (TPSA) is 94.7 Å². The number of fused-ring (bicyclic) bond motifs is 1. The van der Waals surface area contributed by atoms with Gasteiger partial charge < -0.3 is 20.3 Å². The van der Waals surface area contributed by atoms with Crippen molar-refractivity contribution in [3.8, 4) is 21.9 Å². The van der Waals surface area contributed by atoms with E-state index in [1.807, 2.05) is 0 Å². The Balaban J connectivity index is 2.09. The number of hydrogen-bond donors (Lipinski definition) is 2. The molecule has 1 aliphatic heterocycles. The lowest BCUT2D eigenvalue weighted by Gasteiger charge is -2.18. The zero-order valence-corrected chi connectivity index (χ0v) is 10.6. The second kappa shape index (κ2) is 4.43. The minimum atomic E-state index is -1.10.